The van der Waals surface area contributed by atoms with E-state index in [1.165, 1.54) is 12.0 Å². The van der Waals surface area contributed by atoms with Crippen molar-refractivity contribution in [3.63, 3.8) is 0 Å². The molecule has 1 fully saturated rings. The molecule has 29 heavy (non-hydrogen) atoms. The molecule has 0 saturated carbocycles. The lowest BCUT2D eigenvalue weighted by molar-refractivity contribution is 0.114. The molecule has 1 heterocycles. The maximum Gasteiger partial charge on any atom is 0.193 e. The second-order valence-electron chi connectivity index (χ2n) is 7.02. The zero-order chi connectivity index (χ0) is 20.2. The number of ether oxygens (including phenoxy) is 3. The summed E-state index contributed by atoms with van der Waals surface area (Å²) in [5.41, 5.74) is 1.25. The van der Waals surface area contributed by atoms with Crippen LogP contribution < -0.4 is 14.8 Å². The van der Waals surface area contributed by atoms with Gasteiger partial charge < -0.3 is 24.4 Å². The third kappa shape index (κ3) is 8.58. The first-order valence-electron chi connectivity index (χ1n) is 10.6. The number of rotatable bonds is 11. The van der Waals surface area contributed by atoms with Crippen LogP contribution in [0.25, 0.3) is 0 Å². The Bertz CT molecular complexity index is 613. The molecule has 166 valence electrons. The first-order chi connectivity index (χ1) is 13.7. The van der Waals surface area contributed by atoms with E-state index in [0.29, 0.717) is 12.5 Å². The van der Waals surface area contributed by atoms with Crippen LogP contribution in [0.1, 0.15) is 39.2 Å². The van der Waals surface area contributed by atoms with Crippen molar-refractivity contribution in [2.75, 3.05) is 53.1 Å². The molecule has 1 atom stereocenters. The fourth-order valence-corrected chi connectivity index (χ4v) is 3.48. The van der Waals surface area contributed by atoms with Gasteiger partial charge in [0.1, 0.15) is 0 Å². The van der Waals surface area contributed by atoms with Gasteiger partial charge in [0.25, 0.3) is 0 Å². The normalized spacial score (nSPS) is 16.5. The number of guanidine groups is 1. The van der Waals surface area contributed by atoms with Gasteiger partial charge in [-0.1, -0.05) is 6.07 Å². The molecule has 1 saturated heterocycles. The minimum atomic E-state index is 0. The number of likely N-dealkylation sites (tertiary alicyclic amines) is 1. The predicted molar refractivity (Wildman–Crippen MR) is 130 cm³/mol. The molecule has 0 aromatic heterocycles. The lowest BCUT2D eigenvalue weighted by Gasteiger charge is -2.21. The summed E-state index contributed by atoms with van der Waals surface area (Å²) in [5, 5.41) is 3.44. The predicted octanol–water partition coefficient (Wildman–Crippen LogP) is 3.97. The van der Waals surface area contributed by atoms with Gasteiger partial charge in [0.05, 0.1) is 20.3 Å². The van der Waals surface area contributed by atoms with Gasteiger partial charge in [0.2, 0.25) is 0 Å². The monoisotopic (exact) mass is 519 g/mol. The van der Waals surface area contributed by atoms with Gasteiger partial charge in [0.15, 0.2) is 17.5 Å². The zero-order valence-electron chi connectivity index (χ0n) is 18.4. The highest BCUT2D eigenvalue weighted by Crippen LogP contribution is 2.28. The summed E-state index contributed by atoms with van der Waals surface area (Å²) in [5.74, 6) is 3.25. The third-order valence-corrected chi connectivity index (χ3v) is 4.89. The van der Waals surface area contributed by atoms with E-state index in [4.69, 9.17) is 19.2 Å². The second-order valence-corrected chi connectivity index (χ2v) is 7.02. The molecule has 1 N–H and O–H groups in total. The molecule has 1 aliphatic rings. The molecular formula is C22H38IN3O3. The first kappa shape index (κ1) is 25.8. The Labute approximate surface area is 193 Å². The molecule has 0 bridgehead atoms. The maximum atomic E-state index is 5.67. The van der Waals surface area contributed by atoms with Crippen LogP contribution >= 0.6 is 24.0 Å². The average Bonchev–Trinajstić information content (AvgIpc) is 3.18. The number of nitrogens with zero attached hydrogens (tertiary/aromatic N) is 2. The number of nitrogens with one attached hydrogen (secondary N) is 1. The Kier molecular flexibility index (Phi) is 13.1. The molecule has 0 aliphatic carbocycles. The topological polar surface area (TPSA) is 55.3 Å². The van der Waals surface area contributed by atoms with E-state index < -0.39 is 0 Å². The first-order valence-corrected chi connectivity index (χ1v) is 10.6. The lowest BCUT2D eigenvalue weighted by Crippen LogP contribution is -2.40. The van der Waals surface area contributed by atoms with Crippen molar-refractivity contribution in [2.24, 2.45) is 10.9 Å². The number of aliphatic imine (C=N–C) groups is 1. The summed E-state index contributed by atoms with van der Waals surface area (Å²) in [6.07, 6.45) is 3.15. The van der Waals surface area contributed by atoms with Crippen molar-refractivity contribution < 1.29 is 14.2 Å². The van der Waals surface area contributed by atoms with Gasteiger partial charge in [-0.2, -0.15) is 0 Å². The lowest BCUT2D eigenvalue weighted by atomic mass is 10.1. The van der Waals surface area contributed by atoms with Crippen molar-refractivity contribution in [1.82, 2.24) is 10.2 Å². The smallest absolute Gasteiger partial charge is 0.193 e. The van der Waals surface area contributed by atoms with Crippen LogP contribution in [0.15, 0.2) is 23.2 Å². The maximum absolute atomic E-state index is 5.67. The molecular weight excluding hydrogens is 481 g/mol. The van der Waals surface area contributed by atoms with Crippen LogP contribution in [-0.4, -0.2) is 64.0 Å². The van der Waals surface area contributed by atoms with Crippen LogP contribution in [-0.2, 0) is 11.2 Å². The molecule has 1 aromatic rings. The molecule has 1 unspecified atom stereocenters. The quantitative estimate of drug-likeness (QED) is 0.208. The van der Waals surface area contributed by atoms with Crippen LogP contribution in [0.5, 0.6) is 11.5 Å². The molecule has 7 heteroatoms. The molecule has 0 amide bonds. The highest BCUT2D eigenvalue weighted by atomic mass is 127. The van der Waals surface area contributed by atoms with Crippen LogP contribution in [0, 0.1) is 5.92 Å². The van der Waals surface area contributed by atoms with E-state index >= 15 is 0 Å². The summed E-state index contributed by atoms with van der Waals surface area (Å²) in [6.45, 7) is 12.2. The van der Waals surface area contributed by atoms with Crippen LogP contribution in [0.2, 0.25) is 0 Å². The second kappa shape index (κ2) is 14.7. The summed E-state index contributed by atoms with van der Waals surface area (Å²) in [4.78, 5) is 7.22. The SMILES string of the molecule is CCNC(=NCCCc1ccc(OC)c(OCC)c1)N1CCC(COCC)C1.I. The Morgan fingerprint density at radius 3 is 2.72 bits per heavy atom. The van der Waals surface area contributed by atoms with Gasteiger partial charge in [-0.3, -0.25) is 4.99 Å². The van der Waals surface area contributed by atoms with Crippen molar-refractivity contribution in [3.05, 3.63) is 23.8 Å². The van der Waals surface area contributed by atoms with Crippen molar-refractivity contribution in [1.29, 1.82) is 0 Å². The van der Waals surface area contributed by atoms with Crippen LogP contribution in [0.4, 0.5) is 0 Å². The van der Waals surface area contributed by atoms with E-state index in [9.17, 15) is 0 Å². The number of benzene rings is 1. The molecule has 0 radical (unpaired) electrons. The van der Waals surface area contributed by atoms with Crippen LogP contribution in [0.3, 0.4) is 0 Å². The number of hydrogen-bond donors (Lipinski definition) is 1. The minimum Gasteiger partial charge on any atom is -0.493 e. The molecule has 0 spiro atoms. The summed E-state index contributed by atoms with van der Waals surface area (Å²) in [6, 6.07) is 6.17. The van der Waals surface area contributed by atoms with E-state index in [2.05, 4.69) is 36.2 Å². The molecule has 2 rings (SSSR count). The van der Waals surface area contributed by atoms with Gasteiger partial charge in [0, 0.05) is 38.7 Å². The average molecular weight is 519 g/mol. The summed E-state index contributed by atoms with van der Waals surface area (Å²) < 4.78 is 16.6. The fraction of sp³-hybridized carbons (Fsp3) is 0.682. The molecule has 1 aliphatic heterocycles. The third-order valence-electron chi connectivity index (χ3n) is 4.89. The summed E-state index contributed by atoms with van der Waals surface area (Å²) in [7, 11) is 1.67. The van der Waals surface area contributed by atoms with Gasteiger partial charge >= 0.3 is 0 Å². The standard InChI is InChI=1S/C22H37N3O3.HI/c1-5-23-22(25-14-12-19(16-25)17-27-6-2)24-13-8-9-18-10-11-20(26-4)21(15-18)28-7-3;/h10-11,15,19H,5-9,12-14,16-17H2,1-4H3,(H,23,24);1H. The van der Waals surface area contributed by atoms with Crippen molar-refractivity contribution in [2.45, 2.75) is 40.0 Å². The zero-order valence-corrected chi connectivity index (χ0v) is 20.7. The number of methoxy groups -OCH3 is 1. The van der Waals surface area contributed by atoms with Crippen molar-refractivity contribution in [3.8, 4) is 11.5 Å². The Hall–Kier alpha value is -1.22. The van der Waals surface area contributed by atoms with Crippen molar-refractivity contribution >= 4 is 29.9 Å². The van der Waals surface area contributed by atoms with Gasteiger partial charge in [-0.15, -0.1) is 24.0 Å². The number of hydrogen-bond acceptors (Lipinski definition) is 4. The Morgan fingerprint density at radius 2 is 2.03 bits per heavy atom. The fourth-order valence-electron chi connectivity index (χ4n) is 3.48. The number of aryl methyl sites for hydroxylation is 1. The Balaban J connectivity index is 0.00000420. The largest absolute Gasteiger partial charge is 0.493 e. The van der Waals surface area contributed by atoms with Gasteiger partial charge in [-0.25, -0.2) is 0 Å². The Morgan fingerprint density at radius 1 is 1.21 bits per heavy atom. The highest BCUT2D eigenvalue weighted by molar-refractivity contribution is 14.0. The van der Waals surface area contributed by atoms with Gasteiger partial charge in [-0.05, 0) is 57.7 Å². The molecule has 1 aromatic carbocycles. The van der Waals surface area contributed by atoms with E-state index in [1.54, 1.807) is 7.11 Å². The van der Waals surface area contributed by atoms with E-state index in [-0.39, 0.29) is 24.0 Å². The van der Waals surface area contributed by atoms with E-state index in [1.807, 2.05) is 13.0 Å². The molecule has 6 nitrogen and oxygen atoms in total. The van der Waals surface area contributed by atoms with E-state index in [0.717, 1.165) is 69.7 Å². The highest BCUT2D eigenvalue weighted by Gasteiger charge is 2.24. The summed E-state index contributed by atoms with van der Waals surface area (Å²) >= 11 is 0. The minimum absolute atomic E-state index is 0. The number of halogens is 1.